The molecule has 0 aliphatic heterocycles. The van der Waals surface area contributed by atoms with Crippen LogP contribution in [0.15, 0.2) is 47.2 Å². The van der Waals surface area contributed by atoms with E-state index in [9.17, 15) is 0 Å². The summed E-state index contributed by atoms with van der Waals surface area (Å²) in [5.41, 5.74) is 2.29. The fourth-order valence-corrected chi connectivity index (χ4v) is 2.38. The maximum Gasteiger partial charge on any atom is 0.120 e. The first-order chi connectivity index (χ1) is 9.24. The van der Waals surface area contributed by atoms with Crippen LogP contribution in [-0.2, 0) is 6.54 Å². The Morgan fingerprint density at radius 1 is 1.37 bits per heavy atom. The summed E-state index contributed by atoms with van der Waals surface area (Å²) in [6.45, 7) is 2.87. The molecule has 1 aromatic carbocycles. The van der Waals surface area contributed by atoms with Gasteiger partial charge in [0.1, 0.15) is 5.76 Å². The first-order valence-corrected chi connectivity index (χ1v) is 6.64. The number of rotatable bonds is 4. The number of furan rings is 1. The molecular weight excluding hydrogens is 260 g/mol. The lowest BCUT2D eigenvalue weighted by Gasteiger charge is -2.10. The van der Waals surface area contributed by atoms with E-state index in [0.717, 1.165) is 22.8 Å². The molecule has 3 aromatic rings. The van der Waals surface area contributed by atoms with Gasteiger partial charge in [0, 0.05) is 28.7 Å². The molecule has 2 aromatic heterocycles. The maximum atomic E-state index is 5.97. The lowest BCUT2D eigenvalue weighted by Crippen LogP contribution is -2.17. The highest BCUT2D eigenvalue weighted by molar-refractivity contribution is 6.31. The molecule has 0 aliphatic rings. The quantitative estimate of drug-likeness (QED) is 0.746. The van der Waals surface area contributed by atoms with Crippen molar-refractivity contribution in [3.63, 3.8) is 0 Å². The number of H-pyrrole nitrogens is 1. The topological polar surface area (TPSA) is 41.0 Å². The van der Waals surface area contributed by atoms with E-state index in [-0.39, 0.29) is 6.04 Å². The van der Waals surface area contributed by atoms with Gasteiger partial charge in [-0.05, 0) is 36.8 Å². The van der Waals surface area contributed by atoms with Crippen molar-refractivity contribution in [2.75, 3.05) is 0 Å². The van der Waals surface area contributed by atoms with E-state index in [1.807, 2.05) is 36.5 Å². The van der Waals surface area contributed by atoms with Crippen molar-refractivity contribution in [3.8, 4) is 0 Å². The summed E-state index contributed by atoms with van der Waals surface area (Å²) in [7, 11) is 0. The Bertz CT molecular complexity index is 673. The van der Waals surface area contributed by atoms with Gasteiger partial charge >= 0.3 is 0 Å². The normalized spacial score (nSPS) is 12.9. The molecule has 0 amide bonds. The van der Waals surface area contributed by atoms with Crippen LogP contribution in [0, 0.1) is 0 Å². The van der Waals surface area contributed by atoms with Crippen LogP contribution in [0.1, 0.15) is 24.3 Å². The number of aromatic amines is 1. The molecule has 0 radical (unpaired) electrons. The van der Waals surface area contributed by atoms with Crippen molar-refractivity contribution in [3.05, 3.63) is 59.1 Å². The van der Waals surface area contributed by atoms with E-state index >= 15 is 0 Å². The zero-order chi connectivity index (χ0) is 13.2. The van der Waals surface area contributed by atoms with Crippen LogP contribution in [0.3, 0.4) is 0 Å². The molecule has 3 nitrogen and oxygen atoms in total. The lowest BCUT2D eigenvalue weighted by molar-refractivity contribution is 0.430. The van der Waals surface area contributed by atoms with Gasteiger partial charge in [-0.15, -0.1) is 0 Å². The van der Waals surface area contributed by atoms with E-state index in [1.54, 1.807) is 6.26 Å². The van der Waals surface area contributed by atoms with Crippen molar-refractivity contribution >= 4 is 22.5 Å². The highest BCUT2D eigenvalue weighted by Crippen LogP contribution is 2.22. The molecule has 0 saturated carbocycles. The minimum absolute atomic E-state index is 0.187. The first kappa shape index (κ1) is 12.3. The number of hydrogen-bond donors (Lipinski definition) is 2. The van der Waals surface area contributed by atoms with Gasteiger partial charge < -0.3 is 14.7 Å². The van der Waals surface area contributed by atoms with Gasteiger partial charge in [0.05, 0.1) is 12.3 Å². The fraction of sp³-hybridized carbons (Fsp3) is 0.200. The fourth-order valence-electron chi connectivity index (χ4n) is 2.21. The summed E-state index contributed by atoms with van der Waals surface area (Å²) in [5, 5.41) is 5.39. The average Bonchev–Trinajstić information content (AvgIpc) is 3.05. The number of aromatic nitrogens is 1. The Labute approximate surface area is 116 Å². The summed E-state index contributed by atoms with van der Waals surface area (Å²) in [5.74, 6) is 0.947. The molecule has 4 heteroatoms. The molecule has 98 valence electrons. The highest BCUT2D eigenvalue weighted by Gasteiger charge is 2.09. The van der Waals surface area contributed by atoms with E-state index in [0.29, 0.717) is 0 Å². The largest absolute Gasteiger partial charge is 0.468 e. The number of benzene rings is 1. The van der Waals surface area contributed by atoms with Crippen LogP contribution < -0.4 is 5.32 Å². The van der Waals surface area contributed by atoms with Crippen LogP contribution in [0.2, 0.25) is 5.02 Å². The van der Waals surface area contributed by atoms with Gasteiger partial charge in [0.25, 0.3) is 0 Å². The molecule has 0 spiro atoms. The summed E-state index contributed by atoms with van der Waals surface area (Å²) in [4.78, 5) is 3.24. The number of halogens is 1. The maximum absolute atomic E-state index is 5.97. The Kier molecular flexibility index (Phi) is 3.32. The molecular formula is C15H15ClN2O. The van der Waals surface area contributed by atoms with Crippen molar-refractivity contribution in [1.82, 2.24) is 10.3 Å². The van der Waals surface area contributed by atoms with E-state index < -0.39 is 0 Å². The van der Waals surface area contributed by atoms with Gasteiger partial charge in [-0.1, -0.05) is 17.7 Å². The van der Waals surface area contributed by atoms with Crippen molar-refractivity contribution in [2.45, 2.75) is 19.5 Å². The zero-order valence-electron chi connectivity index (χ0n) is 10.6. The summed E-state index contributed by atoms with van der Waals surface area (Å²) in [6.07, 6.45) is 3.71. The van der Waals surface area contributed by atoms with Crippen LogP contribution in [0.25, 0.3) is 10.9 Å². The standard InChI is InChI=1S/C15H15ClN2O/c1-10(15-3-2-6-19-15)17-8-11-9-18-14-7-12(16)4-5-13(11)14/h2-7,9-10,17-18H,8H2,1H3. The molecule has 1 atom stereocenters. The number of nitrogens with one attached hydrogen (secondary N) is 2. The Morgan fingerprint density at radius 2 is 2.26 bits per heavy atom. The monoisotopic (exact) mass is 274 g/mol. The summed E-state index contributed by atoms with van der Waals surface area (Å²) >= 11 is 5.97. The van der Waals surface area contributed by atoms with Gasteiger partial charge in [0.15, 0.2) is 0 Å². The molecule has 0 saturated heterocycles. The minimum atomic E-state index is 0.187. The summed E-state index contributed by atoms with van der Waals surface area (Å²) in [6, 6.07) is 9.97. The van der Waals surface area contributed by atoms with Gasteiger partial charge in [-0.25, -0.2) is 0 Å². The molecule has 2 N–H and O–H groups in total. The molecule has 19 heavy (non-hydrogen) atoms. The molecule has 0 aliphatic carbocycles. The second-order valence-electron chi connectivity index (χ2n) is 4.62. The van der Waals surface area contributed by atoms with Crippen LogP contribution in [0.4, 0.5) is 0 Å². The molecule has 2 heterocycles. The Morgan fingerprint density at radius 3 is 3.05 bits per heavy atom. The lowest BCUT2D eigenvalue weighted by atomic mass is 10.1. The minimum Gasteiger partial charge on any atom is -0.468 e. The van der Waals surface area contributed by atoms with Gasteiger partial charge in [-0.3, -0.25) is 0 Å². The highest BCUT2D eigenvalue weighted by atomic mass is 35.5. The average molecular weight is 275 g/mol. The third-order valence-corrected chi connectivity index (χ3v) is 3.53. The summed E-state index contributed by atoms with van der Waals surface area (Å²) < 4.78 is 5.38. The number of hydrogen-bond acceptors (Lipinski definition) is 2. The van der Waals surface area contributed by atoms with Crippen LogP contribution in [0.5, 0.6) is 0 Å². The van der Waals surface area contributed by atoms with Crippen molar-refractivity contribution < 1.29 is 4.42 Å². The zero-order valence-corrected chi connectivity index (χ0v) is 11.4. The van der Waals surface area contributed by atoms with Crippen LogP contribution in [-0.4, -0.2) is 4.98 Å². The third kappa shape index (κ3) is 2.53. The molecule has 0 fully saturated rings. The molecule has 1 unspecified atom stereocenters. The van der Waals surface area contributed by atoms with Crippen molar-refractivity contribution in [2.24, 2.45) is 0 Å². The molecule has 0 bridgehead atoms. The first-order valence-electron chi connectivity index (χ1n) is 6.26. The third-order valence-electron chi connectivity index (χ3n) is 3.30. The van der Waals surface area contributed by atoms with E-state index in [4.69, 9.17) is 16.0 Å². The predicted octanol–water partition coefficient (Wildman–Crippen LogP) is 4.27. The van der Waals surface area contributed by atoms with E-state index in [2.05, 4.69) is 17.2 Å². The second kappa shape index (κ2) is 5.11. The van der Waals surface area contributed by atoms with Crippen molar-refractivity contribution in [1.29, 1.82) is 0 Å². The second-order valence-corrected chi connectivity index (χ2v) is 5.06. The molecule has 3 rings (SSSR count). The van der Waals surface area contributed by atoms with Gasteiger partial charge in [-0.2, -0.15) is 0 Å². The Hall–Kier alpha value is -1.71. The van der Waals surface area contributed by atoms with Gasteiger partial charge in [0.2, 0.25) is 0 Å². The van der Waals surface area contributed by atoms with E-state index in [1.165, 1.54) is 10.9 Å². The SMILES string of the molecule is CC(NCc1c[nH]c2cc(Cl)ccc12)c1ccco1. The predicted molar refractivity (Wildman–Crippen MR) is 77.3 cm³/mol. The van der Waals surface area contributed by atoms with Crippen LogP contribution >= 0.6 is 11.6 Å². The number of fused-ring (bicyclic) bond motifs is 1. The smallest absolute Gasteiger partial charge is 0.120 e. The Balaban J connectivity index is 1.75.